The maximum absolute atomic E-state index is 10.8. The summed E-state index contributed by atoms with van der Waals surface area (Å²) in [6.07, 6.45) is 1.76. The van der Waals surface area contributed by atoms with Crippen molar-refractivity contribution in [3.63, 3.8) is 0 Å². The van der Waals surface area contributed by atoms with E-state index in [1.807, 2.05) is 0 Å². The molecular weight excluding hydrogens is 152 g/mol. The minimum atomic E-state index is 0. The molecule has 0 aliphatic rings. The maximum Gasteiger partial charge on any atom is 0.146 e. The first kappa shape index (κ1) is 17.6. The van der Waals surface area contributed by atoms with Gasteiger partial charge in [-0.05, 0) is 33.4 Å². The quantitative estimate of drug-likeness (QED) is 0.661. The molecule has 0 saturated heterocycles. The van der Waals surface area contributed by atoms with E-state index in [0.717, 1.165) is 12.8 Å². The van der Waals surface area contributed by atoms with Gasteiger partial charge >= 0.3 is 0 Å². The minimum absolute atomic E-state index is 0. The van der Waals surface area contributed by atoms with E-state index in [0.29, 0.717) is 6.54 Å². The van der Waals surface area contributed by atoms with Crippen LogP contribution in [0.3, 0.4) is 0 Å². The van der Waals surface area contributed by atoms with Gasteiger partial charge in [-0.1, -0.05) is 14.9 Å². The average molecular weight is 176 g/mol. The van der Waals surface area contributed by atoms with Crippen molar-refractivity contribution in [2.75, 3.05) is 13.6 Å². The van der Waals surface area contributed by atoms with E-state index < -0.39 is 0 Å². The molecule has 0 radical (unpaired) electrons. The number of Topliss-reactive ketones (excluding diaryl/α,β-unsaturated/α-hetero) is 1. The number of hydrogen-bond donors (Lipinski definition) is 2. The number of rotatable bonds is 5. The summed E-state index contributed by atoms with van der Waals surface area (Å²) in [6.45, 7) is 2.25. The van der Waals surface area contributed by atoms with Gasteiger partial charge in [0, 0.05) is 0 Å². The maximum atomic E-state index is 10.8. The third kappa shape index (κ3) is 7.69. The van der Waals surface area contributed by atoms with E-state index in [4.69, 9.17) is 5.73 Å². The van der Waals surface area contributed by atoms with Gasteiger partial charge in [0.2, 0.25) is 0 Å². The molecule has 3 nitrogen and oxygen atoms in total. The van der Waals surface area contributed by atoms with Gasteiger partial charge in [-0.2, -0.15) is 0 Å². The molecule has 1 unspecified atom stereocenters. The lowest BCUT2D eigenvalue weighted by Gasteiger charge is -2.10. The highest BCUT2D eigenvalue weighted by atomic mass is 16.1. The summed E-state index contributed by atoms with van der Waals surface area (Å²) < 4.78 is 0. The summed E-state index contributed by atoms with van der Waals surface area (Å²) in [5.41, 5.74) is 5.29. The van der Waals surface area contributed by atoms with Crippen LogP contribution in [0.4, 0.5) is 0 Å². The zero-order valence-corrected chi connectivity index (χ0v) is 6.68. The van der Waals surface area contributed by atoms with Gasteiger partial charge in [-0.3, -0.25) is 4.79 Å². The van der Waals surface area contributed by atoms with Crippen LogP contribution >= 0.6 is 0 Å². The van der Waals surface area contributed by atoms with Crippen LogP contribution in [0.5, 0.6) is 0 Å². The zero-order valence-electron chi connectivity index (χ0n) is 6.68. The van der Waals surface area contributed by atoms with Crippen LogP contribution in [0, 0.1) is 0 Å². The Hall–Kier alpha value is -0.410. The van der Waals surface area contributed by atoms with Crippen LogP contribution in [-0.2, 0) is 4.79 Å². The molecule has 0 amide bonds. The van der Waals surface area contributed by atoms with Gasteiger partial charge in [-0.25, -0.2) is 0 Å². The van der Waals surface area contributed by atoms with Gasteiger partial charge in [0.05, 0.1) is 6.04 Å². The second-order valence-electron chi connectivity index (χ2n) is 2.38. The van der Waals surface area contributed by atoms with Crippen molar-refractivity contribution < 1.29 is 4.79 Å². The number of hydrogen-bond acceptors (Lipinski definition) is 3. The Morgan fingerprint density at radius 3 is 2.25 bits per heavy atom. The molecule has 0 aromatic heterocycles. The lowest BCUT2D eigenvalue weighted by Crippen LogP contribution is -2.32. The van der Waals surface area contributed by atoms with E-state index in [9.17, 15) is 4.79 Å². The van der Waals surface area contributed by atoms with E-state index in [2.05, 4.69) is 5.32 Å². The molecule has 0 heterocycles. The molecule has 0 aromatic rings. The second kappa shape index (κ2) is 10.6. The lowest BCUT2D eigenvalue weighted by atomic mass is 10.1. The molecule has 0 bridgehead atoms. The van der Waals surface area contributed by atoms with Crippen LogP contribution in [0.2, 0.25) is 0 Å². The molecule has 3 N–H and O–H groups in total. The Bertz CT molecular complexity index is 105. The highest BCUT2D eigenvalue weighted by Crippen LogP contribution is 1.95. The molecule has 0 fully saturated rings. The van der Waals surface area contributed by atoms with Crippen LogP contribution in [0.1, 0.15) is 34.6 Å². The summed E-state index contributed by atoms with van der Waals surface area (Å²) in [7, 11) is 1.79. The number of nitrogens with two attached hydrogens (primary N) is 1. The Morgan fingerprint density at radius 1 is 1.50 bits per heavy atom. The fourth-order valence-corrected chi connectivity index (χ4v) is 0.873. The molecule has 12 heavy (non-hydrogen) atoms. The van der Waals surface area contributed by atoms with Crippen LogP contribution in [0.15, 0.2) is 0 Å². The summed E-state index contributed by atoms with van der Waals surface area (Å²) in [5, 5.41) is 2.93. The lowest BCUT2D eigenvalue weighted by molar-refractivity contribution is -0.119. The molecule has 0 saturated carbocycles. The molecule has 0 aromatic carbocycles. The molecule has 0 rings (SSSR count). The predicted octanol–water partition coefficient (Wildman–Crippen LogP) is 1.17. The summed E-state index contributed by atoms with van der Waals surface area (Å²) in [6, 6.07) is 0.00329. The number of nitrogens with one attached hydrogen (secondary N) is 1. The highest BCUT2D eigenvalue weighted by Gasteiger charge is 2.08. The van der Waals surface area contributed by atoms with Gasteiger partial charge in [-0.15, -0.1) is 0 Å². The topological polar surface area (TPSA) is 55.1 Å². The van der Waals surface area contributed by atoms with Crippen molar-refractivity contribution in [1.29, 1.82) is 0 Å². The third-order valence-electron chi connectivity index (χ3n) is 1.54. The second-order valence-corrected chi connectivity index (χ2v) is 2.38. The van der Waals surface area contributed by atoms with Crippen molar-refractivity contribution >= 4 is 5.78 Å². The van der Waals surface area contributed by atoms with Crippen molar-refractivity contribution in [2.24, 2.45) is 5.73 Å². The summed E-state index contributed by atoms with van der Waals surface area (Å²) in [4.78, 5) is 10.8. The number of carbonyl (C=O) groups excluding carboxylic acids is 1. The molecule has 1 atom stereocenters. The standard InChI is InChI=1S/C7H16N2O.2CH4/c1-6(10)7(9-2)4-3-5-8;;/h7,9H,3-5,8H2,1-2H3;2*1H4. The van der Waals surface area contributed by atoms with E-state index >= 15 is 0 Å². The largest absolute Gasteiger partial charge is 0.330 e. The van der Waals surface area contributed by atoms with Gasteiger partial charge in [0.15, 0.2) is 0 Å². The molecule has 3 heteroatoms. The minimum Gasteiger partial charge on any atom is -0.330 e. The number of likely N-dealkylation sites (N-methyl/N-ethyl adjacent to an activating group) is 1. The van der Waals surface area contributed by atoms with E-state index in [1.165, 1.54) is 0 Å². The summed E-state index contributed by atoms with van der Waals surface area (Å²) >= 11 is 0. The highest BCUT2D eigenvalue weighted by molar-refractivity contribution is 5.81. The van der Waals surface area contributed by atoms with Gasteiger partial charge in [0.1, 0.15) is 5.78 Å². The Morgan fingerprint density at radius 2 is 2.00 bits per heavy atom. The fraction of sp³-hybridized carbons (Fsp3) is 0.889. The van der Waals surface area contributed by atoms with E-state index in [-0.39, 0.29) is 26.7 Å². The monoisotopic (exact) mass is 176 g/mol. The van der Waals surface area contributed by atoms with Crippen LogP contribution in [0.25, 0.3) is 0 Å². The first-order chi connectivity index (χ1) is 4.72. The molecule has 76 valence electrons. The zero-order chi connectivity index (χ0) is 7.98. The Kier molecular flexibility index (Phi) is 15.5. The summed E-state index contributed by atoms with van der Waals surface area (Å²) in [5.74, 6) is 0.191. The van der Waals surface area contributed by atoms with Gasteiger partial charge in [0.25, 0.3) is 0 Å². The van der Waals surface area contributed by atoms with Crippen LogP contribution < -0.4 is 11.1 Å². The van der Waals surface area contributed by atoms with Crippen molar-refractivity contribution in [2.45, 2.75) is 40.7 Å². The normalized spacial score (nSPS) is 10.9. The Labute approximate surface area is 76.7 Å². The van der Waals surface area contributed by atoms with Crippen LogP contribution in [-0.4, -0.2) is 25.4 Å². The third-order valence-corrected chi connectivity index (χ3v) is 1.54. The SMILES string of the molecule is C.C.CNC(CCCN)C(C)=O. The molecule has 0 spiro atoms. The predicted molar refractivity (Wildman–Crippen MR) is 55.3 cm³/mol. The number of carbonyl (C=O) groups is 1. The first-order valence-corrected chi connectivity index (χ1v) is 3.60. The smallest absolute Gasteiger partial charge is 0.146 e. The fourth-order valence-electron chi connectivity index (χ4n) is 0.873. The Balaban J connectivity index is -0.000000405. The van der Waals surface area contributed by atoms with Crippen molar-refractivity contribution in [3.05, 3.63) is 0 Å². The molecular formula is C9H24N2O. The molecule has 0 aliphatic heterocycles. The molecule has 0 aliphatic carbocycles. The number of ketones is 1. The van der Waals surface area contributed by atoms with Crippen molar-refractivity contribution in [3.8, 4) is 0 Å². The van der Waals surface area contributed by atoms with E-state index in [1.54, 1.807) is 14.0 Å². The average Bonchev–Trinajstić information content (AvgIpc) is 1.89. The van der Waals surface area contributed by atoms with Crippen molar-refractivity contribution in [1.82, 2.24) is 5.32 Å². The first-order valence-electron chi connectivity index (χ1n) is 3.60. The van der Waals surface area contributed by atoms with Gasteiger partial charge < -0.3 is 11.1 Å².